The van der Waals surface area contributed by atoms with Crippen molar-refractivity contribution in [2.45, 2.75) is 45.4 Å². The van der Waals surface area contributed by atoms with Gasteiger partial charge in [0.15, 0.2) is 5.78 Å². The molecule has 1 aromatic rings. The van der Waals surface area contributed by atoms with Gasteiger partial charge in [0.2, 0.25) is 0 Å². The number of Topliss-reactive ketones (excluding diaryl/α,β-unsaturated/α-hetero) is 1. The fourth-order valence-electron chi connectivity index (χ4n) is 2.17. The summed E-state index contributed by atoms with van der Waals surface area (Å²) in [5.74, 6) is 0.241. The lowest BCUT2D eigenvalue weighted by atomic mass is 10.1. The summed E-state index contributed by atoms with van der Waals surface area (Å²) in [7, 11) is 0. The van der Waals surface area contributed by atoms with Crippen molar-refractivity contribution in [1.82, 2.24) is 0 Å². The van der Waals surface area contributed by atoms with Gasteiger partial charge in [-0.15, -0.1) is 11.3 Å². The van der Waals surface area contributed by atoms with Gasteiger partial charge in [0.05, 0.1) is 4.88 Å². The lowest BCUT2D eigenvalue weighted by Gasteiger charge is -1.96. The molecule has 1 aliphatic carbocycles. The van der Waals surface area contributed by atoms with Crippen LogP contribution in [0, 0.1) is 0 Å². The number of aryl methyl sites for hydroxylation is 2. The lowest BCUT2D eigenvalue weighted by Crippen LogP contribution is -1.95. The van der Waals surface area contributed by atoms with E-state index in [0.29, 0.717) is 6.42 Å². The van der Waals surface area contributed by atoms with E-state index in [2.05, 4.69) is 12.6 Å². The largest absolute Gasteiger partial charge is 0.293 e. The monoisotopic (exact) mass is 234 g/mol. The van der Waals surface area contributed by atoms with E-state index in [0.717, 1.165) is 16.9 Å². The van der Waals surface area contributed by atoms with Crippen molar-refractivity contribution in [3.63, 3.8) is 0 Å². The average Bonchev–Trinajstić information content (AvgIpc) is 2.49. The van der Waals surface area contributed by atoms with Crippen molar-refractivity contribution in [2.24, 2.45) is 0 Å². The Bertz CT molecular complexity index is 391. The van der Waals surface area contributed by atoms with Crippen LogP contribution in [-0.4, -0.2) is 5.78 Å². The molecule has 2 rings (SSSR count). The van der Waals surface area contributed by atoms with Crippen molar-refractivity contribution < 1.29 is 4.79 Å². The van der Waals surface area contributed by atoms with E-state index < -0.39 is 0 Å². The van der Waals surface area contributed by atoms with E-state index in [4.69, 9.17) is 0 Å². The standard InChI is InChI=1S/C14H18OS/c1-10(2)8-12(15)14-9-11-6-4-3-5-7-13(11)16-14/h9H,1,3-8H2,2H3. The molecule has 0 aromatic carbocycles. The van der Waals surface area contributed by atoms with Crippen LogP contribution >= 0.6 is 11.3 Å². The molecule has 0 saturated carbocycles. The molecule has 0 fully saturated rings. The fraction of sp³-hybridized carbons (Fsp3) is 0.500. The molecule has 0 radical (unpaired) electrons. The summed E-state index contributed by atoms with van der Waals surface area (Å²) < 4.78 is 0. The van der Waals surface area contributed by atoms with Crippen molar-refractivity contribution in [1.29, 1.82) is 0 Å². The Morgan fingerprint density at radius 3 is 2.88 bits per heavy atom. The molecular formula is C14H18OS. The molecule has 0 unspecified atom stereocenters. The Morgan fingerprint density at radius 2 is 2.12 bits per heavy atom. The van der Waals surface area contributed by atoms with Crippen LogP contribution < -0.4 is 0 Å². The molecule has 0 aliphatic heterocycles. The topological polar surface area (TPSA) is 17.1 Å². The van der Waals surface area contributed by atoms with E-state index in [1.165, 1.54) is 36.1 Å². The molecule has 0 N–H and O–H groups in total. The van der Waals surface area contributed by atoms with Crippen LogP contribution in [0.15, 0.2) is 18.2 Å². The molecule has 2 heteroatoms. The number of hydrogen-bond donors (Lipinski definition) is 0. The Balaban J connectivity index is 2.17. The van der Waals surface area contributed by atoms with Crippen molar-refractivity contribution in [3.8, 4) is 0 Å². The Kier molecular flexibility index (Phi) is 3.59. The van der Waals surface area contributed by atoms with Gasteiger partial charge in [0, 0.05) is 11.3 Å². The third kappa shape index (κ3) is 2.62. The average molecular weight is 234 g/mol. The second-order valence-electron chi connectivity index (χ2n) is 4.68. The van der Waals surface area contributed by atoms with Crippen molar-refractivity contribution in [3.05, 3.63) is 33.5 Å². The summed E-state index contributed by atoms with van der Waals surface area (Å²) in [6, 6.07) is 2.12. The zero-order valence-corrected chi connectivity index (χ0v) is 10.7. The molecule has 16 heavy (non-hydrogen) atoms. The molecule has 0 amide bonds. The summed E-state index contributed by atoms with van der Waals surface area (Å²) in [4.78, 5) is 14.3. The van der Waals surface area contributed by atoms with E-state index in [1.54, 1.807) is 11.3 Å². The predicted octanol–water partition coefficient (Wildman–Crippen LogP) is 4.17. The zero-order chi connectivity index (χ0) is 11.5. The molecule has 1 aliphatic rings. The maximum absolute atomic E-state index is 11.9. The molecular weight excluding hydrogens is 216 g/mol. The number of thiophene rings is 1. The quantitative estimate of drug-likeness (QED) is 0.436. The molecule has 1 aromatic heterocycles. The highest BCUT2D eigenvalue weighted by Crippen LogP contribution is 2.29. The maximum Gasteiger partial charge on any atom is 0.176 e. The minimum Gasteiger partial charge on any atom is -0.293 e. The van der Waals surface area contributed by atoms with Crippen LogP contribution in [-0.2, 0) is 12.8 Å². The summed E-state index contributed by atoms with van der Waals surface area (Å²) in [5, 5.41) is 0. The third-order valence-electron chi connectivity index (χ3n) is 2.98. The van der Waals surface area contributed by atoms with Gasteiger partial charge in [0.25, 0.3) is 0 Å². The first-order valence-electron chi connectivity index (χ1n) is 5.96. The molecule has 0 bridgehead atoms. The number of ketones is 1. The number of carbonyl (C=O) groups excluding carboxylic acids is 1. The minimum absolute atomic E-state index is 0.241. The number of carbonyl (C=O) groups is 1. The first-order valence-corrected chi connectivity index (χ1v) is 6.77. The minimum atomic E-state index is 0.241. The van der Waals surface area contributed by atoms with E-state index in [-0.39, 0.29) is 5.78 Å². The highest BCUT2D eigenvalue weighted by molar-refractivity contribution is 7.14. The highest BCUT2D eigenvalue weighted by Gasteiger charge is 2.16. The first kappa shape index (κ1) is 11.6. The molecule has 1 nitrogen and oxygen atoms in total. The summed E-state index contributed by atoms with van der Waals surface area (Å²) >= 11 is 1.71. The van der Waals surface area contributed by atoms with Gasteiger partial charge in [-0.2, -0.15) is 0 Å². The smallest absolute Gasteiger partial charge is 0.176 e. The maximum atomic E-state index is 11.9. The Hall–Kier alpha value is -0.890. The SMILES string of the molecule is C=C(C)CC(=O)c1cc2c(s1)CCCCC2. The fourth-order valence-corrected chi connectivity index (χ4v) is 3.36. The number of allylic oxidation sites excluding steroid dienone is 1. The summed E-state index contributed by atoms with van der Waals surface area (Å²) in [5.41, 5.74) is 2.38. The van der Waals surface area contributed by atoms with Gasteiger partial charge in [-0.1, -0.05) is 18.6 Å². The molecule has 0 spiro atoms. The van der Waals surface area contributed by atoms with E-state index in [9.17, 15) is 4.79 Å². The van der Waals surface area contributed by atoms with Gasteiger partial charge in [0.1, 0.15) is 0 Å². The van der Waals surface area contributed by atoms with Crippen LogP contribution in [0.2, 0.25) is 0 Å². The number of hydrogen-bond acceptors (Lipinski definition) is 2. The van der Waals surface area contributed by atoms with Crippen LogP contribution in [0.5, 0.6) is 0 Å². The first-order chi connectivity index (χ1) is 7.66. The van der Waals surface area contributed by atoms with Gasteiger partial charge in [-0.25, -0.2) is 0 Å². The molecule has 1 heterocycles. The van der Waals surface area contributed by atoms with Gasteiger partial charge < -0.3 is 0 Å². The Morgan fingerprint density at radius 1 is 1.38 bits per heavy atom. The van der Waals surface area contributed by atoms with Gasteiger partial charge in [-0.3, -0.25) is 4.79 Å². The number of fused-ring (bicyclic) bond motifs is 1. The van der Waals surface area contributed by atoms with E-state index in [1.807, 2.05) is 6.92 Å². The van der Waals surface area contributed by atoms with Crippen molar-refractivity contribution >= 4 is 17.1 Å². The second kappa shape index (κ2) is 4.96. The highest BCUT2D eigenvalue weighted by atomic mass is 32.1. The lowest BCUT2D eigenvalue weighted by molar-refractivity contribution is 0.0997. The predicted molar refractivity (Wildman–Crippen MR) is 69.3 cm³/mol. The Labute approximate surface area is 101 Å². The summed E-state index contributed by atoms with van der Waals surface area (Å²) in [6.45, 7) is 5.71. The molecule has 86 valence electrons. The van der Waals surface area contributed by atoms with Crippen LogP contribution in [0.25, 0.3) is 0 Å². The number of rotatable bonds is 3. The summed E-state index contributed by atoms with van der Waals surface area (Å²) in [6.07, 6.45) is 6.71. The van der Waals surface area contributed by atoms with Crippen LogP contribution in [0.1, 0.15) is 52.7 Å². The normalized spacial score (nSPS) is 15.3. The molecule has 0 saturated heterocycles. The van der Waals surface area contributed by atoms with E-state index >= 15 is 0 Å². The van der Waals surface area contributed by atoms with Gasteiger partial charge in [-0.05, 0) is 44.2 Å². The third-order valence-corrected chi connectivity index (χ3v) is 4.26. The molecule has 0 atom stereocenters. The van der Waals surface area contributed by atoms with Crippen LogP contribution in [0.4, 0.5) is 0 Å². The van der Waals surface area contributed by atoms with Crippen LogP contribution in [0.3, 0.4) is 0 Å². The van der Waals surface area contributed by atoms with Crippen molar-refractivity contribution in [2.75, 3.05) is 0 Å². The van der Waals surface area contributed by atoms with Gasteiger partial charge >= 0.3 is 0 Å². The second-order valence-corrected chi connectivity index (χ2v) is 5.81. The zero-order valence-electron chi connectivity index (χ0n) is 9.84.